The summed E-state index contributed by atoms with van der Waals surface area (Å²) in [5.74, 6) is 1.32. The highest BCUT2D eigenvalue weighted by Gasteiger charge is 2.27. The Morgan fingerprint density at radius 1 is 1.19 bits per heavy atom. The van der Waals surface area contributed by atoms with Crippen LogP contribution in [0, 0.1) is 0 Å². The standard InChI is InChI=1S/C13H20N2S/c14-8-10-6-3-7-11-12(10)15-13(16-11)9-4-1-2-5-9/h9-10H,1-8,14H2. The summed E-state index contributed by atoms with van der Waals surface area (Å²) in [6, 6.07) is 0. The van der Waals surface area contributed by atoms with Crippen LogP contribution < -0.4 is 5.73 Å². The quantitative estimate of drug-likeness (QED) is 0.856. The topological polar surface area (TPSA) is 38.9 Å². The molecule has 0 aromatic carbocycles. The number of aryl methyl sites for hydroxylation is 1. The van der Waals surface area contributed by atoms with E-state index in [1.54, 1.807) is 4.88 Å². The van der Waals surface area contributed by atoms with Crippen molar-refractivity contribution in [1.29, 1.82) is 0 Å². The number of rotatable bonds is 2. The van der Waals surface area contributed by atoms with Crippen molar-refractivity contribution >= 4 is 11.3 Å². The summed E-state index contributed by atoms with van der Waals surface area (Å²) < 4.78 is 0. The second-order valence-electron chi connectivity index (χ2n) is 5.17. The Kier molecular flexibility index (Phi) is 2.99. The fourth-order valence-corrected chi connectivity index (χ4v) is 4.47. The third-order valence-electron chi connectivity index (χ3n) is 4.08. The van der Waals surface area contributed by atoms with Crippen molar-refractivity contribution in [2.75, 3.05) is 6.54 Å². The van der Waals surface area contributed by atoms with E-state index < -0.39 is 0 Å². The Morgan fingerprint density at radius 3 is 2.75 bits per heavy atom. The SMILES string of the molecule is NCC1CCCc2sc(C3CCCC3)nc21. The molecular weight excluding hydrogens is 216 g/mol. The van der Waals surface area contributed by atoms with E-state index in [-0.39, 0.29) is 0 Å². The minimum absolute atomic E-state index is 0.551. The van der Waals surface area contributed by atoms with Gasteiger partial charge in [0, 0.05) is 23.3 Å². The molecule has 0 amide bonds. The minimum Gasteiger partial charge on any atom is -0.330 e. The normalized spacial score (nSPS) is 25.9. The number of nitrogens with two attached hydrogens (primary N) is 1. The van der Waals surface area contributed by atoms with Crippen LogP contribution in [0.5, 0.6) is 0 Å². The van der Waals surface area contributed by atoms with Crippen molar-refractivity contribution in [3.05, 3.63) is 15.6 Å². The molecule has 1 heterocycles. The Bertz CT molecular complexity index is 366. The van der Waals surface area contributed by atoms with E-state index in [4.69, 9.17) is 10.7 Å². The summed E-state index contributed by atoms with van der Waals surface area (Å²) in [5, 5.41) is 1.42. The second-order valence-corrected chi connectivity index (χ2v) is 6.28. The fourth-order valence-electron chi connectivity index (χ4n) is 3.10. The molecule has 0 saturated heterocycles. The van der Waals surface area contributed by atoms with Crippen LogP contribution in [-0.2, 0) is 6.42 Å². The van der Waals surface area contributed by atoms with Gasteiger partial charge in [-0.05, 0) is 32.1 Å². The van der Waals surface area contributed by atoms with Crippen LogP contribution in [0.3, 0.4) is 0 Å². The molecule has 1 aromatic heterocycles. The van der Waals surface area contributed by atoms with E-state index in [1.165, 1.54) is 55.6 Å². The number of hydrogen-bond donors (Lipinski definition) is 1. The molecule has 0 bridgehead atoms. The molecule has 1 unspecified atom stereocenters. The average molecular weight is 236 g/mol. The van der Waals surface area contributed by atoms with Gasteiger partial charge in [0.2, 0.25) is 0 Å². The lowest BCUT2D eigenvalue weighted by molar-refractivity contribution is 0.551. The number of fused-ring (bicyclic) bond motifs is 1. The van der Waals surface area contributed by atoms with Crippen LogP contribution in [-0.4, -0.2) is 11.5 Å². The number of thiazole rings is 1. The first-order valence-corrected chi connectivity index (χ1v) is 7.39. The van der Waals surface area contributed by atoms with Gasteiger partial charge in [0.1, 0.15) is 0 Å². The van der Waals surface area contributed by atoms with E-state index in [2.05, 4.69) is 0 Å². The molecule has 0 spiro atoms. The van der Waals surface area contributed by atoms with Crippen molar-refractivity contribution in [3.63, 3.8) is 0 Å². The van der Waals surface area contributed by atoms with Crippen LogP contribution in [0.15, 0.2) is 0 Å². The molecule has 3 rings (SSSR count). The van der Waals surface area contributed by atoms with Crippen molar-refractivity contribution in [2.45, 2.75) is 56.8 Å². The van der Waals surface area contributed by atoms with E-state index in [1.807, 2.05) is 11.3 Å². The van der Waals surface area contributed by atoms with Gasteiger partial charge in [-0.15, -0.1) is 11.3 Å². The van der Waals surface area contributed by atoms with Gasteiger partial charge in [-0.25, -0.2) is 4.98 Å². The summed E-state index contributed by atoms with van der Waals surface area (Å²) in [5.41, 5.74) is 7.21. The molecule has 0 radical (unpaired) electrons. The van der Waals surface area contributed by atoms with Crippen molar-refractivity contribution < 1.29 is 0 Å². The van der Waals surface area contributed by atoms with Gasteiger partial charge in [-0.2, -0.15) is 0 Å². The predicted molar refractivity (Wildman–Crippen MR) is 68.1 cm³/mol. The van der Waals surface area contributed by atoms with Crippen LogP contribution in [0.4, 0.5) is 0 Å². The molecule has 1 atom stereocenters. The molecule has 1 aromatic rings. The van der Waals surface area contributed by atoms with Crippen LogP contribution in [0.25, 0.3) is 0 Å². The molecule has 2 nitrogen and oxygen atoms in total. The average Bonchev–Trinajstić information content (AvgIpc) is 2.96. The van der Waals surface area contributed by atoms with Gasteiger partial charge >= 0.3 is 0 Å². The maximum Gasteiger partial charge on any atom is 0.0962 e. The maximum absolute atomic E-state index is 5.85. The summed E-state index contributed by atoms with van der Waals surface area (Å²) in [7, 11) is 0. The van der Waals surface area contributed by atoms with Crippen molar-refractivity contribution in [3.8, 4) is 0 Å². The molecule has 2 N–H and O–H groups in total. The molecule has 88 valence electrons. The highest BCUT2D eigenvalue weighted by molar-refractivity contribution is 7.11. The predicted octanol–water partition coefficient (Wildman–Crippen LogP) is 3.18. The molecule has 16 heavy (non-hydrogen) atoms. The molecule has 2 aliphatic carbocycles. The highest BCUT2D eigenvalue weighted by atomic mass is 32.1. The smallest absolute Gasteiger partial charge is 0.0962 e. The lowest BCUT2D eigenvalue weighted by Crippen LogP contribution is -2.17. The lowest BCUT2D eigenvalue weighted by Gasteiger charge is -2.18. The van der Waals surface area contributed by atoms with Gasteiger partial charge < -0.3 is 5.73 Å². The summed E-state index contributed by atoms with van der Waals surface area (Å²) in [4.78, 5) is 6.47. The maximum atomic E-state index is 5.85. The number of hydrogen-bond acceptors (Lipinski definition) is 3. The zero-order valence-electron chi connectivity index (χ0n) is 9.74. The zero-order chi connectivity index (χ0) is 11.0. The first-order chi connectivity index (χ1) is 7.88. The molecule has 1 fully saturated rings. The largest absolute Gasteiger partial charge is 0.330 e. The van der Waals surface area contributed by atoms with Crippen LogP contribution >= 0.6 is 11.3 Å². The first kappa shape index (κ1) is 10.7. The molecule has 1 saturated carbocycles. The van der Waals surface area contributed by atoms with E-state index in [0.717, 1.165) is 12.5 Å². The molecule has 2 aliphatic rings. The van der Waals surface area contributed by atoms with Gasteiger partial charge in [-0.3, -0.25) is 0 Å². The Hall–Kier alpha value is -0.410. The third-order valence-corrected chi connectivity index (χ3v) is 5.37. The first-order valence-electron chi connectivity index (χ1n) is 6.58. The zero-order valence-corrected chi connectivity index (χ0v) is 10.6. The monoisotopic (exact) mass is 236 g/mol. The Balaban J connectivity index is 1.89. The third kappa shape index (κ3) is 1.80. The minimum atomic E-state index is 0.551. The summed E-state index contributed by atoms with van der Waals surface area (Å²) in [6.45, 7) is 0.779. The molecular formula is C13H20N2S. The number of nitrogens with zero attached hydrogens (tertiary/aromatic N) is 1. The van der Waals surface area contributed by atoms with E-state index in [0.29, 0.717) is 5.92 Å². The van der Waals surface area contributed by atoms with Crippen LogP contribution in [0.2, 0.25) is 0 Å². The van der Waals surface area contributed by atoms with Gasteiger partial charge in [0.25, 0.3) is 0 Å². The summed E-state index contributed by atoms with van der Waals surface area (Å²) >= 11 is 1.99. The lowest BCUT2D eigenvalue weighted by atomic mass is 9.91. The molecule has 0 aliphatic heterocycles. The van der Waals surface area contributed by atoms with Gasteiger partial charge in [0.05, 0.1) is 10.7 Å². The van der Waals surface area contributed by atoms with Gasteiger partial charge in [0.15, 0.2) is 0 Å². The molecule has 3 heteroatoms. The fraction of sp³-hybridized carbons (Fsp3) is 0.769. The van der Waals surface area contributed by atoms with Gasteiger partial charge in [-0.1, -0.05) is 12.8 Å². The second kappa shape index (κ2) is 4.46. The van der Waals surface area contributed by atoms with Crippen molar-refractivity contribution in [2.24, 2.45) is 5.73 Å². The van der Waals surface area contributed by atoms with Crippen LogP contribution in [0.1, 0.15) is 65.9 Å². The Morgan fingerprint density at radius 2 is 2.00 bits per heavy atom. The summed E-state index contributed by atoms with van der Waals surface area (Å²) in [6.07, 6.45) is 9.32. The van der Waals surface area contributed by atoms with E-state index >= 15 is 0 Å². The van der Waals surface area contributed by atoms with E-state index in [9.17, 15) is 0 Å². The van der Waals surface area contributed by atoms with Crippen molar-refractivity contribution in [1.82, 2.24) is 4.98 Å². The number of aromatic nitrogens is 1. The highest BCUT2D eigenvalue weighted by Crippen LogP contribution is 2.41. The Labute approximate surface area is 101 Å².